The number of nitrogens with one attached hydrogen (secondary N) is 1. The number of benzene rings is 2. The van der Waals surface area contributed by atoms with Crippen molar-refractivity contribution in [1.82, 2.24) is 15.4 Å². The van der Waals surface area contributed by atoms with E-state index >= 15 is 0 Å². The molecule has 0 saturated heterocycles. The van der Waals surface area contributed by atoms with Gasteiger partial charge in [-0.1, -0.05) is 18.2 Å². The molecular formula is C23H19F4N3O4. The molecule has 0 spiro atoms. The average molecular weight is 477 g/mol. The highest BCUT2D eigenvalue weighted by molar-refractivity contribution is 6.07. The van der Waals surface area contributed by atoms with Gasteiger partial charge in [0, 0.05) is 23.1 Å². The number of nitrogens with zero attached hydrogens (tertiary/aromatic N) is 2. The minimum Gasteiger partial charge on any atom is -0.497 e. The third kappa shape index (κ3) is 3.87. The van der Waals surface area contributed by atoms with Crippen LogP contribution in [0.25, 0.3) is 22.2 Å². The number of allylic oxidation sites excluding steroid dienone is 1. The number of pyridine rings is 1. The number of hydrogen-bond acceptors (Lipinski definition) is 6. The number of para-hydroxylation sites is 1. The maximum atomic E-state index is 13.7. The molecule has 1 atom stereocenters. The van der Waals surface area contributed by atoms with Gasteiger partial charge in [0.1, 0.15) is 11.5 Å². The lowest BCUT2D eigenvalue weighted by Gasteiger charge is -2.32. The number of carbonyl (C=O) groups is 1. The number of methoxy groups -OCH3 is 2. The molecule has 11 heteroatoms. The summed E-state index contributed by atoms with van der Waals surface area (Å²) in [5, 5.41) is 10.8. The van der Waals surface area contributed by atoms with Gasteiger partial charge in [0.2, 0.25) is 5.72 Å². The first kappa shape index (κ1) is 23.3. The number of hydrazine groups is 1. The maximum Gasteiger partial charge on any atom is 0.291 e. The Balaban J connectivity index is 1.88. The highest BCUT2D eigenvalue weighted by atomic mass is 19.3. The Morgan fingerprint density at radius 2 is 1.82 bits per heavy atom. The van der Waals surface area contributed by atoms with E-state index in [-0.39, 0.29) is 27.7 Å². The molecule has 0 fully saturated rings. The molecule has 1 amide bonds. The van der Waals surface area contributed by atoms with Crippen LogP contribution >= 0.6 is 0 Å². The van der Waals surface area contributed by atoms with E-state index in [1.807, 2.05) is 5.43 Å². The van der Waals surface area contributed by atoms with E-state index in [2.05, 4.69) is 4.98 Å². The molecule has 2 N–H and O–H groups in total. The number of alkyl halides is 4. The van der Waals surface area contributed by atoms with Crippen molar-refractivity contribution < 1.29 is 36.9 Å². The lowest BCUT2D eigenvalue weighted by atomic mass is 10.0. The number of carbonyl (C=O) groups excluding carboxylic acids is 1. The van der Waals surface area contributed by atoms with Crippen LogP contribution in [-0.2, 0) is 0 Å². The van der Waals surface area contributed by atoms with Crippen LogP contribution in [0.4, 0.5) is 17.6 Å². The quantitative estimate of drug-likeness (QED) is 0.523. The van der Waals surface area contributed by atoms with Gasteiger partial charge in [-0.25, -0.2) is 27.6 Å². The SMILES string of the molecule is COc1ccc(-c2cc(C(=O)N3NC(C(F)F)=CC3(O)C(F)F)c3ccccc3n2)c(OC)c1. The van der Waals surface area contributed by atoms with Gasteiger partial charge in [0.15, 0.2) is 0 Å². The number of halogens is 4. The minimum absolute atomic E-state index is 0.107. The van der Waals surface area contributed by atoms with Gasteiger partial charge < -0.3 is 14.6 Å². The van der Waals surface area contributed by atoms with Gasteiger partial charge in [0.25, 0.3) is 18.8 Å². The van der Waals surface area contributed by atoms with E-state index in [1.165, 1.54) is 26.4 Å². The molecule has 1 aliphatic heterocycles. The van der Waals surface area contributed by atoms with Crippen molar-refractivity contribution >= 4 is 16.8 Å². The minimum atomic E-state index is -3.56. The summed E-state index contributed by atoms with van der Waals surface area (Å²) < 4.78 is 64.4. The fourth-order valence-electron chi connectivity index (χ4n) is 3.65. The lowest BCUT2D eigenvalue weighted by molar-refractivity contribution is -0.146. The summed E-state index contributed by atoms with van der Waals surface area (Å²) in [7, 11) is 2.91. The van der Waals surface area contributed by atoms with Crippen molar-refractivity contribution in [1.29, 1.82) is 0 Å². The van der Waals surface area contributed by atoms with E-state index in [1.54, 1.807) is 36.4 Å². The highest BCUT2D eigenvalue weighted by Crippen LogP contribution is 2.36. The van der Waals surface area contributed by atoms with Crippen molar-refractivity contribution in [3.63, 3.8) is 0 Å². The second kappa shape index (κ2) is 8.82. The number of aromatic nitrogens is 1. The van der Waals surface area contributed by atoms with Gasteiger partial charge in [-0.2, -0.15) is 0 Å². The molecule has 4 rings (SSSR count). The summed E-state index contributed by atoms with van der Waals surface area (Å²) in [6, 6.07) is 12.6. The summed E-state index contributed by atoms with van der Waals surface area (Å²) in [4.78, 5) is 17.9. The second-order valence-corrected chi connectivity index (χ2v) is 7.37. The molecule has 1 aromatic heterocycles. The molecular weight excluding hydrogens is 458 g/mol. The number of rotatable bonds is 6. The number of hydrogen-bond donors (Lipinski definition) is 2. The molecule has 178 valence electrons. The first-order valence-corrected chi connectivity index (χ1v) is 9.94. The smallest absolute Gasteiger partial charge is 0.291 e. The standard InChI is InChI=1S/C23H19F4N3O4/c1-33-12-7-8-14(19(9-12)34-2)17-10-15(13-5-3-4-6-16(13)28-17)21(31)30-23(32,22(26)27)11-18(29-30)20(24)25/h3-11,20,22,29,32H,1-2H3. The van der Waals surface area contributed by atoms with Crippen LogP contribution in [-0.4, -0.2) is 53.8 Å². The predicted molar refractivity (Wildman–Crippen MR) is 115 cm³/mol. The summed E-state index contributed by atoms with van der Waals surface area (Å²) >= 11 is 0. The lowest BCUT2D eigenvalue weighted by Crippen LogP contribution is -2.56. The molecule has 34 heavy (non-hydrogen) atoms. The Morgan fingerprint density at radius 1 is 1.09 bits per heavy atom. The molecule has 0 radical (unpaired) electrons. The number of ether oxygens (including phenoxy) is 2. The molecule has 1 unspecified atom stereocenters. The summed E-state index contributed by atoms with van der Waals surface area (Å²) in [5.41, 5.74) is -1.44. The molecule has 0 saturated carbocycles. The maximum absolute atomic E-state index is 13.7. The molecule has 7 nitrogen and oxygen atoms in total. The van der Waals surface area contributed by atoms with Crippen LogP contribution in [0.3, 0.4) is 0 Å². The molecule has 2 aromatic carbocycles. The van der Waals surface area contributed by atoms with Gasteiger partial charge in [-0.05, 0) is 24.3 Å². The van der Waals surface area contributed by atoms with Crippen LogP contribution < -0.4 is 14.9 Å². The van der Waals surface area contributed by atoms with E-state index in [0.29, 0.717) is 22.6 Å². The number of fused-ring (bicyclic) bond motifs is 1. The predicted octanol–water partition coefficient (Wildman–Crippen LogP) is 3.98. The number of aliphatic hydroxyl groups is 1. The molecule has 2 heterocycles. The van der Waals surface area contributed by atoms with Crippen LogP contribution in [0.5, 0.6) is 11.5 Å². The third-order valence-electron chi connectivity index (χ3n) is 5.36. The van der Waals surface area contributed by atoms with Crippen molar-refractivity contribution in [2.75, 3.05) is 14.2 Å². The Kier molecular flexibility index (Phi) is 6.05. The fraction of sp³-hybridized carbons (Fsp3) is 0.217. The van der Waals surface area contributed by atoms with Crippen LogP contribution in [0, 0.1) is 0 Å². The van der Waals surface area contributed by atoms with Crippen molar-refractivity contribution in [3.8, 4) is 22.8 Å². The largest absolute Gasteiger partial charge is 0.497 e. The first-order valence-electron chi connectivity index (χ1n) is 9.94. The summed E-state index contributed by atoms with van der Waals surface area (Å²) in [6.45, 7) is 0. The van der Waals surface area contributed by atoms with Gasteiger partial charge in [-0.15, -0.1) is 0 Å². The molecule has 1 aliphatic rings. The monoisotopic (exact) mass is 477 g/mol. The number of amides is 1. The second-order valence-electron chi connectivity index (χ2n) is 7.37. The van der Waals surface area contributed by atoms with E-state index in [4.69, 9.17) is 9.47 Å². The summed E-state index contributed by atoms with van der Waals surface area (Å²) in [6.07, 6.45) is -6.53. The van der Waals surface area contributed by atoms with Crippen LogP contribution in [0.2, 0.25) is 0 Å². The van der Waals surface area contributed by atoms with Gasteiger partial charge in [0.05, 0.1) is 36.7 Å². The van der Waals surface area contributed by atoms with Crippen molar-refractivity contribution in [3.05, 3.63) is 65.9 Å². The molecule has 3 aromatic rings. The Morgan fingerprint density at radius 3 is 2.47 bits per heavy atom. The molecule has 0 bridgehead atoms. The zero-order valence-corrected chi connectivity index (χ0v) is 17.9. The van der Waals surface area contributed by atoms with E-state index < -0.39 is 30.2 Å². The molecule has 0 aliphatic carbocycles. The zero-order valence-electron chi connectivity index (χ0n) is 17.9. The van der Waals surface area contributed by atoms with Crippen LogP contribution in [0.1, 0.15) is 10.4 Å². The van der Waals surface area contributed by atoms with Gasteiger partial charge in [-0.3, -0.25) is 10.2 Å². The van der Waals surface area contributed by atoms with Crippen molar-refractivity contribution in [2.45, 2.75) is 18.6 Å². The van der Waals surface area contributed by atoms with E-state index in [0.717, 1.165) is 0 Å². The van der Waals surface area contributed by atoms with E-state index in [9.17, 15) is 27.5 Å². The highest BCUT2D eigenvalue weighted by Gasteiger charge is 2.51. The average Bonchev–Trinajstić information content (AvgIpc) is 3.21. The van der Waals surface area contributed by atoms with Crippen LogP contribution in [0.15, 0.2) is 60.3 Å². The fourth-order valence-corrected chi connectivity index (χ4v) is 3.65. The Bertz CT molecular complexity index is 1280. The topological polar surface area (TPSA) is 83.9 Å². The Labute approximate surface area is 191 Å². The normalized spacial score (nSPS) is 17.8. The Hall–Kier alpha value is -3.86. The zero-order chi connectivity index (χ0) is 24.6. The third-order valence-corrected chi connectivity index (χ3v) is 5.36. The summed E-state index contributed by atoms with van der Waals surface area (Å²) in [5.74, 6) is -0.279. The van der Waals surface area contributed by atoms with Gasteiger partial charge >= 0.3 is 0 Å². The first-order chi connectivity index (χ1) is 16.2. The van der Waals surface area contributed by atoms with Crippen molar-refractivity contribution in [2.24, 2.45) is 0 Å².